The smallest absolute Gasteiger partial charge is 0.0620 e. The standard InChI is InChI=1S/C14H31N3O/c1-11(2)14(9-17(4)5)16-12(3)8-13-10-18-7-6-15-13/h11-16H,6-10H2,1-5H3. The van der Waals surface area contributed by atoms with Crippen LogP contribution in [0.4, 0.5) is 0 Å². The van der Waals surface area contributed by atoms with Crippen molar-refractivity contribution in [3.05, 3.63) is 0 Å². The Bertz CT molecular complexity index is 215. The molecule has 1 heterocycles. The molecule has 0 bridgehead atoms. The van der Waals surface area contributed by atoms with Crippen molar-refractivity contribution in [2.75, 3.05) is 40.4 Å². The molecule has 1 saturated heterocycles. The van der Waals surface area contributed by atoms with E-state index in [1.807, 2.05) is 0 Å². The summed E-state index contributed by atoms with van der Waals surface area (Å²) in [5.41, 5.74) is 0. The van der Waals surface area contributed by atoms with Gasteiger partial charge in [-0.05, 0) is 33.4 Å². The predicted molar refractivity (Wildman–Crippen MR) is 77.0 cm³/mol. The van der Waals surface area contributed by atoms with Crippen LogP contribution >= 0.6 is 0 Å². The zero-order valence-corrected chi connectivity index (χ0v) is 12.7. The molecule has 0 amide bonds. The van der Waals surface area contributed by atoms with Crippen LogP contribution in [0.5, 0.6) is 0 Å². The Morgan fingerprint density at radius 2 is 2.06 bits per heavy atom. The Morgan fingerprint density at radius 1 is 1.33 bits per heavy atom. The van der Waals surface area contributed by atoms with Crippen LogP contribution in [0.25, 0.3) is 0 Å². The van der Waals surface area contributed by atoms with Crippen LogP contribution in [-0.2, 0) is 4.74 Å². The van der Waals surface area contributed by atoms with E-state index >= 15 is 0 Å². The highest BCUT2D eigenvalue weighted by Crippen LogP contribution is 2.08. The largest absolute Gasteiger partial charge is 0.379 e. The molecule has 4 nitrogen and oxygen atoms in total. The maximum Gasteiger partial charge on any atom is 0.0620 e. The van der Waals surface area contributed by atoms with Crippen molar-refractivity contribution >= 4 is 0 Å². The molecule has 4 heteroatoms. The zero-order valence-electron chi connectivity index (χ0n) is 12.7. The van der Waals surface area contributed by atoms with Gasteiger partial charge in [-0.2, -0.15) is 0 Å². The van der Waals surface area contributed by atoms with Crippen LogP contribution < -0.4 is 10.6 Å². The molecule has 0 saturated carbocycles. The monoisotopic (exact) mass is 257 g/mol. The molecule has 108 valence electrons. The number of nitrogens with zero attached hydrogens (tertiary/aromatic N) is 1. The molecular weight excluding hydrogens is 226 g/mol. The molecule has 1 fully saturated rings. The number of rotatable bonds is 7. The topological polar surface area (TPSA) is 36.5 Å². The van der Waals surface area contributed by atoms with Crippen LogP contribution in [0, 0.1) is 5.92 Å². The van der Waals surface area contributed by atoms with Gasteiger partial charge in [0.05, 0.1) is 13.2 Å². The van der Waals surface area contributed by atoms with Crippen LogP contribution in [-0.4, -0.2) is 63.4 Å². The summed E-state index contributed by atoms with van der Waals surface area (Å²) in [5.74, 6) is 0.658. The number of hydrogen-bond donors (Lipinski definition) is 2. The maximum absolute atomic E-state index is 5.50. The predicted octanol–water partition coefficient (Wildman–Crippen LogP) is 0.929. The summed E-state index contributed by atoms with van der Waals surface area (Å²) in [4.78, 5) is 2.26. The van der Waals surface area contributed by atoms with Gasteiger partial charge in [0.15, 0.2) is 0 Å². The molecule has 3 atom stereocenters. The van der Waals surface area contributed by atoms with Crippen molar-refractivity contribution in [3.8, 4) is 0 Å². The van der Waals surface area contributed by atoms with Crippen LogP contribution in [0.3, 0.4) is 0 Å². The molecular formula is C14H31N3O. The van der Waals surface area contributed by atoms with Crippen molar-refractivity contribution in [1.82, 2.24) is 15.5 Å². The van der Waals surface area contributed by atoms with Gasteiger partial charge in [0, 0.05) is 31.2 Å². The van der Waals surface area contributed by atoms with Crippen LogP contribution in [0.1, 0.15) is 27.2 Å². The van der Waals surface area contributed by atoms with Gasteiger partial charge in [-0.25, -0.2) is 0 Å². The van der Waals surface area contributed by atoms with E-state index in [0.717, 1.165) is 32.7 Å². The van der Waals surface area contributed by atoms with E-state index in [2.05, 4.69) is 50.4 Å². The van der Waals surface area contributed by atoms with E-state index in [1.165, 1.54) is 0 Å². The van der Waals surface area contributed by atoms with Gasteiger partial charge in [0.1, 0.15) is 0 Å². The van der Waals surface area contributed by atoms with Crippen LogP contribution in [0.2, 0.25) is 0 Å². The second kappa shape index (κ2) is 8.10. The molecule has 1 aliphatic heterocycles. The Hall–Kier alpha value is -0.160. The lowest BCUT2D eigenvalue weighted by molar-refractivity contribution is 0.0702. The highest BCUT2D eigenvalue weighted by atomic mass is 16.5. The van der Waals surface area contributed by atoms with E-state index in [9.17, 15) is 0 Å². The number of hydrogen-bond acceptors (Lipinski definition) is 4. The lowest BCUT2D eigenvalue weighted by Crippen LogP contribution is -2.50. The average molecular weight is 257 g/mol. The number of morpholine rings is 1. The summed E-state index contributed by atoms with van der Waals surface area (Å²) in [6, 6.07) is 1.59. The van der Waals surface area contributed by atoms with Gasteiger partial charge in [0.2, 0.25) is 0 Å². The fourth-order valence-electron chi connectivity index (χ4n) is 2.48. The molecule has 0 aromatic heterocycles. The fraction of sp³-hybridized carbons (Fsp3) is 1.00. The van der Waals surface area contributed by atoms with Crippen molar-refractivity contribution in [1.29, 1.82) is 0 Å². The second-order valence-corrected chi connectivity index (χ2v) is 6.14. The Labute approximate surface area is 112 Å². The van der Waals surface area contributed by atoms with E-state index in [0.29, 0.717) is 24.0 Å². The van der Waals surface area contributed by atoms with Gasteiger partial charge >= 0.3 is 0 Å². The first kappa shape index (κ1) is 15.9. The molecule has 0 radical (unpaired) electrons. The molecule has 0 aromatic rings. The lowest BCUT2D eigenvalue weighted by atomic mass is 10.0. The third-order valence-electron chi connectivity index (χ3n) is 3.50. The van der Waals surface area contributed by atoms with E-state index < -0.39 is 0 Å². The molecule has 1 rings (SSSR count). The summed E-state index contributed by atoms with van der Waals surface area (Å²) in [6.45, 7) is 10.6. The summed E-state index contributed by atoms with van der Waals surface area (Å²) in [6.07, 6.45) is 1.14. The Kier molecular flexibility index (Phi) is 7.15. The third kappa shape index (κ3) is 6.14. The summed E-state index contributed by atoms with van der Waals surface area (Å²) >= 11 is 0. The van der Waals surface area contributed by atoms with Gasteiger partial charge in [-0.1, -0.05) is 13.8 Å². The first-order chi connectivity index (χ1) is 8.49. The van der Waals surface area contributed by atoms with Gasteiger partial charge < -0.3 is 20.3 Å². The zero-order chi connectivity index (χ0) is 13.5. The first-order valence-electron chi connectivity index (χ1n) is 7.21. The van der Waals surface area contributed by atoms with E-state index in [-0.39, 0.29) is 0 Å². The highest BCUT2D eigenvalue weighted by Gasteiger charge is 2.20. The molecule has 2 N–H and O–H groups in total. The van der Waals surface area contributed by atoms with Gasteiger partial charge in [-0.3, -0.25) is 0 Å². The Morgan fingerprint density at radius 3 is 2.56 bits per heavy atom. The van der Waals surface area contributed by atoms with Crippen molar-refractivity contribution < 1.29 is 4.74 Å². The molecule has 0 aliphatic carbocycles. The number of likely N-dealkylation sites (N-methyl/N-ethyl adjacent to an activating group) is 1. The number of nitrogens with one attached hydrogen (secondary N) is 2. The van der Waals surface area contributed by atoms with Gasteiger partial charge in [0.25, 0.3) is 0 Å². The average Bonchev–Trinajstić information content (AvgIpc) is 2.28. The normalized spacial score (nSPS) is 24.5. The van der Waals surface area contributed by atoms with Crippen molar-refractivity contribution in [2.45, 2.75) is 45.3 Å². The quantitative estimate of drug-likeness (QED) is 0.711. The molecule has 0 spiro atoms. The molecule has 1 aliphatic rings. The van der Waals surface area contributed by atoms with Gasteiger partial charge in [-0.15, -0.1) is 0 Å². The minimum absolute atomic E-state index is 0.508. The van der Waals surface area contributed by atoms with E-state index in [4.69, 9.17) is 4.74 Å². The summed E-state index contributed by atoms with van der Waals surface area (Å²) < 4.78 is 5.50. The molecule has 3 unspecified atom stereocenters. The maximum atomic E-state index is 5.50. The van der Waals surface area contributed by atoms with E-state index in [1.54, 1.807) is 0 Å². The molecule has 18 heavy (non-hydrogen) atoms. The second-order valence-electron chi connectivity index (χ2n) is 6.14. The van der Waals surface area contributed by atoms with Crippen molar-refractivity contribution in [2.24, 2.45) is 5.92 Å². The van der Waals surface area contributed by atoms with Crippen molar-refractivity contribution in [3.63, 3.8) is 0 Å². The highest BCUT2D eigenvalue weighted by molar-refractivity contribution is 4.81. The fourth-order valence-corrected chi connectivity index (χ4v) is 2.48. The number of ether oxygens (including phenoxy) is 1. The lowest BCUT2D eigenvalue weighted by Gasteiger charge is -2.32. The molecule has 0 aromatic carbocycles. The summed E-state index contributed by atoms with van der Waals surface area (Å²) in [7, 11) is 4.27. The minimum atomic E-state index is 0.508. The SMILES string of the molecule is CC(CC1COCCN1)NC(CN(C)C)C(C)C. The first-order valence-corrected chi connectivity index (χ1v) is 7.21. The third-order valence-corrected chi connectivity index (χ3v) is 3.50. The minimum Gasteiger partial charge on any atom is -0.379 e. The summed E-state index contributed by atoms with van der Waals surface area (Å²) in [5, 5.41) is 7.28. The van der Waals surface area contributed by atoms with Crippen LogP contribution in [0.15, 0.2) is 0 Å². The Balaban J connectivity index is 2.32.